The predicted octanol–water partition coefficient (Wildman–Crippen LogP) is 3.20. The van der Waals surface area contributed by atoms with Gasteiger partial charge in [0, 0.05) is 13.7 Å². The number of halogens is 1. The molecular formula is C15H23ClN4O. The van der Waals surface area contributed by atoms with Gasteiger partial charge in [0.1, 0.15) is 11.3 Å². The van der Waals surface area contributed by atoms with Gasteiger partial charge in [0.25, 0.3) is 0 Å². The highest BCUT2D eigenvalue weighted by molar-refractivity contribution is 6.20. The molecule has 2 aromatic heterocycles. The average molecular weight is 311 g/mol. The zero-order chi connectivity index (χ0) is 15.2. The Balaban J connectivity index is 2.13. The van der Waals surface area contributed by atoms with Crippen molar-refractivity contribution in [3.8, 4) is 0 Å². The van der Waals surface area contributed by atoms with Crippen LogP contribution >= 0.6 is 11.6 Å². The first kappa shape index (κ1) is 14.9. The molecule has 1 aliphatic rings. The summed E-state index contributed by atoms with van der Waals surface area (Å²) in [5.41, 5.74) is 2.92. The van der Waals surface area contributed by atoms with Crippen LogP contribution in [0.1, 0.15) is 50.5 Å². The van der Waals surface area contributed by atoms with Gasteiger partial charge in [0.05, 0.1) is 23.2 Å². The molecule has 1 fully saturated rings. The summed E-state index contributed by atoms with van der Waals surface area (Å²) in [6.07, 6.45) is 3.06. The Bertz CT molecular complexity index is 652. The van der Waals surface area contributed by atoms with Crippen molar-refractivity contribution in [1.82, 2.24) is 19.3 Å². The first-order valence-electron chi connectivity index (χ1n) is 7.65. The molecule has 0 bridgehead atoms. The van der Waals surface area contributed by atoms with E-state index in [9.17, 15) is 0 Å². The predicted molar refractivity (Wildman–Crippen MR) is 83.7 cm³/mol. The molecule has 2 atom stereocenters. The highest BCUT2D eigenvalue weighted by atomic mass is 35.5. The molecule has 3 heterocycles. The SMILES string of the molecule is CCc1nn(C)c2c1nc(C(C)Cl)n2CC1(C)CCCO1. The van der Waals surface area contributed by atoms with Gasteiger partial charge in [-0.3, -0.25) is 4.68 Å². The molecule has 0 amide bonds. The summed E-state index contributed by atoms with van der Waals surface area (Å²) in [5.74, 6) is 0.908. The van der Waals surface area contributed by atoms with E-state index < -0.39 is 0 Å². The van der Waals surface area contributed by atoms with Crippen LogP contribution in [0.5, 0.6) is 0 Å². The van der Waals surface area contributed by atoms with Crippen LogP contribution in [0.25, 0.3) is 11.2 Å². The van der Waals surface area contributed by atoms with Crippen LogP contribution in [0.15, 0.2) is 0 Å². The number of rotatable bonds is 4. The molecule has 0 radical (unpaired) electrons. The van der Waals surface area contributed by atoms with E-state index in [-0.39, 0.29) is 11.0 Å². The van der Waals surface area contributed by atoms with Crippen molar-refractivity contribution in [3.63, 3.8) is 0 Å². The van der Waals surface area contributed by atoms with Gasteiger partial charge in [0.15, 0.2) is 5.65 Å². The van der Waals surface area contributed by atoms with Gasteiger partial charge in [0.2, 0.25) is 0 Å². The molecule has 21 heavy (non-hydrogen) atoms. The maximum Gasteiger partial charge on any atom is 0.158 e. The first-order chi connectivity index (χ1) is 9.95. The van der Waals surface area contributed by atoms with Gasteiger partial charge >= 0.3 is 0 Å². The van der Waals surface area contributed by atoms with E-state index in [1.807, 2.05) is 18.7 Å². The number of hydrogen-bond donors (Lipinski definition) is 0. The largest absolute Gasteiger partial charge is 0.373 e. The van der Waals surface area contributed by atoms with Gasteiger partial charge < -0.3 is 9.30 Å². The Hall–Kier alpha value is -1.07. The standard InChI is InChI=1S/C15H23ClN4O/c1-5-11-12-14(19(4)18-11)20(13(17-12)10(2)16)9-15(3)7-6-8-21-15/h10H,5-9H2,1-4H3. The molecule has 2 aromatic rings. The molecule has 6 heteroatoms. The third-order valence-electron chi connectivity index (χ3n) is 4.30. The molecule has 1 saturated heterocycles. The second-order valence-corrected chi connectivity index (χ2v) is 6.82. The van der Waals surface area contributed by atoms with Gasteiger partial charge in [-0.25, -0.2) is 4.98 Å². The minimum atomic E-state index is -0.134. The minimum Gasteiger partial charge on any atom is -0.373 e. The molecular weight excluding hydrogens is 288 g/mol. The van der Waals surface area contributed by atoms with E-state index in [0.717, 1.165) is 55.1 Å². The fourth-order valence-corrected chi connectivity index (χ4v) is 3.42. The zero-order valence-corrected chi connectivity index (χ0v) is 13.9. The number of aryl methyl sites for hydroxylation is 2. The summed E-state index contributed by atoms with van der Waals surface area (Å²) in [5, 5.41) is 4.44. The number of aromatic nitrogens is 4. The average Bonchev–Trinajstić information content (AvgIpc) is 3.07. The number of nitrogens with zero attached hydrogens (tertiary/aromatic N) is 4. The minimum absolute atomic E-state index is 0.132. The Morgan fingerprint density at radius 1 is 1.48 bits per heavy atom. The smallest absolute Gasteiger partial charge is 0.158 e. The quantitative estimate of drug-likeness (QED) is 0.815. The molecule has 5 nitrogen and oxygen atoms in total. The summed E-state index contributed by atoms with van der Waals surface area (Å²) in [7, 11) is 1.97. The highest BCUT2D eigenvalue weighted by Crippen LogP contribution is 2.32. The van der Waals surface area contributed by atoms with Crippen molar-refractivity contribution in [3.05, 3.63) is 11.5 Å². The lowest BCUT2D eigenvalue weighted by molar-refractivity contribution is 0.00628. The summed E-state index contributed by atoms with van der Waals surface area (Å²) < 4.78 is 10.1. The Labute approximate surface area is 130 Å². The Morgan fingerprint density at radius 2 is 2.24 bits per heavy atom. The van der Waals surface area contributed by atoms with Crippen LogP contribution in [0, 0.1) is 0 Å². The van der Waals surface area contributed by atoms with E-state index in [1.54, 1.807) is 0 Å². The number of imidazole rings is 1. The molecule has 0 aliphatic carbocycles. The van der Waals surface area contributed by atoms with E-state index >= 15 is 0 Å². The van der Waals surface area contributed by atoms with Crippen LogP contribution in [-0.2, 0) is 24.8 Å². The fraction of sp³-hybridized carbons (Fsp3) is 0.733. The highest BCUT2D eigenvalue weighted by Gasteiger charge is 2.33. The molecule has 1 aliphatic heterocycles. The first-order valence-corrected chi connectivity index (χ1v) is 8.09. The number of alkyl halides is 1. The summed E-state index contributed by atoms with van der Waals surface area (Å²) in [4.78, 5) is 4.77. The van der Waals surface area contributed by atoms with Crippen molar-refractivity contribution >= 4 is 22.8 Å². The number of fused-ring (bicyclic) bond motifs is 1. The topological polar surface area (TPSA) is 44.9 Å². The number of hydrogen-bond acceptors (Lipinski definition) is 3. The molecule has 0 saturated carbocycles. The molecule has 116 valence electrons. The third-order valence-corrected chi connectivity index (χ3v) is 4.50. The molecule has 3 rings (SSSR count). The molecule has 2 unspecified atom stereocenters. The van der Waals surface area contributed by atoms with E-state index in [4.69, 9.17) is 21.3 Å². The van der Waals surface area contributed by atoms with E-state index in [2.05, 4.69) is 23.5 Å². The van der Waals surface area contributed by atoms with Gasteiger partial charge in [-0.15, -0.1) is 11.6 Å². The van der Waals surface area contributed by atoms with Crippen molar-refractivity contribution in [2.45, 2.75) is 57.6 Å². The summed E-state index contributed by atoms with van der Waals surface area (Å²) >= 11 is 6.36. The second-order valence-electron chi connectivity index (χ2n) is 6.17. The zero-order valence-electron chi connectivity index (χ0n) is 13.2. The Kier molecular flexibility index (Phi) is 3.74. The lowest BCUT2D eigenvalue weighted by Gasteiger charge is -2.25. The maximum atomic E-state index is 6.36. The maximum absolute atomic E-state index is 6.36. The number of ether oxygens (including phenoxy) is 1. The van der Waals surface area contributed by atoms with Crippen molar-refractivity contribution in [2.24, 2.45) is 7.05 Å². The van der Waals surface area contributed by atoms with E-state index in [0.29, 0.717) is 0 Å². The van der Waals surface area contributed by atoms with Gasteiger partial charge in [-0.2, -0.15) is 5.10 Å². The van der Waals surface area contributed by atoms with Gasteiger partial charge in [-0.05, 0) is 33.1 Å². The molecule has 0 spiro atoms. The lowest BCUT2D eigenvalue weighted by Crippen LogP contribution is -2.30. The summed E-state index contributed by atoms with van der Waals surface area (Å²) in [6, 6.07) is 0. The van der Waals surface area contributed by atoms with Crippen molar-refractivity contribution in [1.29, 1.82) is 0 Å². The van der Waals surface area contributed by atoms with Crippen LogP contribution in [-0.4, -0.2) is 31.5 Å². The lowest BCUT2D eigenvalue weighted by atomic mass is 10.0. The normalized spacial score (nSPS) is 24.0. The second kappa shape index (κ2) is 5.29. The fourth-order valence-electron chi connectivity index (χ4n) is 3.25. The van der Waals surface area contributed by atoms with Crippen molar-refractivity contribution < 1.29 is 4.74 Å². The van der Waals surface area contributed by atoms with Crippen LogP contribution < -0.4 is 0 Å². The van der Waals surface area contributed by atoms with Crippen molar-refractivity contribution in [2.75, 3.05) is 6.61 Å². The summed E-state index contributed by atoms with van der Waals surface area (Å²) in [6.45, 7) is 7.86. The third kappa shape index (κ3) is 2.46. The molecule has 0 aromatic carbocycles. The van der Waals surface area contributed by atoms with Crippen LogP contribution in [0.3, 0.4) is 0 Å². The van der Waals surface area contributed by atoms with Gasteiger partial charge in [-0.1, -0.05) is 6.92 Å². The molecule has 0 N–H and O–H groups in total. The van der Waals surface area contributed by atoms with Crippen LogP contribution in [0.4, 0.5) is 0 Å². The monoisotopic (exact) mass is 310 g/mol. The van der Waals surface area contributed by atoms with E-state index in [1.165, 1.54) is 0 Å². The Morgan fingerprint density at radius 3 is 2.81 bits per heavy atom. The van der Waals surface area contributed by atoms with Crippen LogP contribution in [0.2, 0.25) is 0 Å².